The third-order valence-electron chi connectivity index (χ3n) is 2.55. The van der Waals surface area contributed by atoms with Gasteiger partial charge in [0.25, 0.3) is 0 Å². The molecule has 1 fully saturated rings. The van der Waals surface area contributed by atoms with Gasteiger partial charge in [-0.05, 0) is 11.8 Å². The predicted octanol–water partition coefficient (Wildman–Crippen LogP) is 2.79. The second-order valence-electron chi connectivity index (χ2n) is 4.38. The van der Waals surface area contributed by atoms with Crippen molar-refractivity contribution in [1.29, 1.82) is 0 Å². The van der Waals surface area contributed by atoms with Gasteiger partial charge in [-0.25, -0.2) is 4.39 Å². The van der Waals surface area contributed by atoms with Gasteiger partial charge in [0.05, 0.1) is 12.2 Å². The first-order valence-corrected chi connectivity index (χ1v) is 4.82. The van der Waals surface area contributed by atoms with Crippen molar-refractivity contribution in [3.05, 3.63) is 0 Å². The number of hydrogen-bond donors (Lipinski definition) is 0. The van der Waals surface area contributed by atoms with Crippen LogP contribution in [-0.4, -0.2) is 18.4 Å². The molecular formula is C10H19FO. The Labute approximate surface area is 74.3 Å². The van der Waals surface area contributed by atoms with Crippen LogP contribution in [0.3, 0.4) is 0 Å². The lowest BCUT2D eigenvalue weighted by Gasteiger charge is -2.18. The van der Waals surface area contributed by atoms with Gasteiger partial charge >= 0.3 is 0 Å². The highest BCUT2D eigenvalue weighted by atomic mass is 19.1. The predicted molar refractivity (Wildman–Crippen MR) is 47.9 cm³/mol. The van der Waals surface area contributed by atoms with Crippen molar-refractivity contribution in [3.8, 4) is 0 Å². The first-order valence-electron chi connectivity index (χ1n) is 4.82. The summed E-state index contributed by atoms with van der Waals surface area (Å²) in [7, 11) is 0. The minimum absolute atomic E-state index is 0.132. The second kappa shape index (κ2) is 3.73. The summed E-state index contributed by atoms with van der Waals surface area (Å²) in [5, 5.41) is 0. The van der Waals surface area contributed by atoms with E-state index >= 15 is 0 Å². The van der Waals surface area contributed by atoms with Crippen LogP contribution in [0.2, 0.25) is 0 Å². The summed E-state index contributed by atoms with van der Waals surface area (Å²) in [6.45, 7) is 8.19. The van der Waals surface area contributed by atoms with Gasteiger partial charge in [-0.1, -0.05) is 27.7 Å². The normalized spacial score (nSPS) is 36.8. The topological polar surface area (TPSA) is 9.23 Å². The Hall–Kier alpha value is -0.110. The Morgan fingerprint density at radius 1 is 1.17 bits per heavy atom. The van der Waals surface area contributed by atoms with E-state index in [2.05, 4.69) is 13.8 Å². The maximum Gasteiger partial charge on any atom is 0.129 e. The van der Waals surface area contributed by atoms with E-state index in [1.165, 1.54) is 0 Å². The minimum Gasteiger partial charge on any atom is -0.371 e. The molecule has 0 N–H and O–H groups in total. The SMILES string of the molecule is CC(C)[C@H]1O[C@@H](C(C)C)C[C@@H]1F. The van der Waals surface area contributed by atoms with E-state index in [0.29, 0.717) is 18.3 Å². The van der Waals surface area contributed by atoms with E-state index in [0.717, 1.165) is 0 Å². The van der Waals surface area contributed by atoms with Crippen molar-refractivity contribution in [1.82, 2.24) is 0 Å². The van der Waals surface area contributed by atoms with E-state index in [-0.39, 0.29) is 12.2 Å². The molecule has 0 spiro atoms. The van der Waals surface area contributed by atoms with Crippen molar-refractivity contribution in [3.63, 3.8) is 0 Å². The number of hydrogen-bond acceptors (Lipinski definition) is 1. The number of halogens is 1. The lowest BCUT2D eigenvalue weighted by atomic mass is 9.99. The summed E-state index contributed by atoms with van der Waals surface area (Å²) in [4.78, 5) is 0. The highest BCUT2D eigenvalue weighted by Gasteiger charge is 2.38. The highest BCUT2D eigenvalue weighted by Crippen LogP contribution is 2.31. The fraction of sp³-hybridized carbons (Fsp3) is 1.00. The fourth-order valence-corrected chi connectivity index (χ4v) is 1.70. The van der Waals surface area contributed by atoms with E-state index in [4.69, 9.17) is 4.74 Å². The van der Waals surface area contributed by atoms with Crippen LogP contribution in [-0.2, 0) is 4.74 Å². The molecule has 12 heavy (non-hydrogen) atoms. The van der Waals surface area contributed by atoms with Gasteiger partial charge in [0.15, 0.2) is 0 Å². The first kappa shape index (κ1) is 9.97. The van der Waals surface area contributed by atoms with Gasteiger partial charge in [-0.2, -0.15) is 0 Å². The summed E-state index contributed by atoms with van der Waals surface area (Å²) in [6, 6.07) is 0. The van der Waals surface area contributed by atoms with Gasteiger partial charge in [-0.15, -0.1) is 0 Å². The van der Waals surface area contributed by atoms with E-state index < -0.39 is 6.17 Å². The quantitative estimate of drug-likeness (QED) is 0.625. The zero-order chi connectivity index (χ0) is 9.30. The molecule has 2 heteroatoms. The zero-order valence-electron chi connectivity index (χ0n) is 8.38. The third-order valence-corrected chi connectivity index (χ3v) is 2.55. The van der Waals surface area contributed by atoms with Crippen molar-refractivity contribution < 1.29 is 9.13 Å². The average Bonchev–Trinajstić information content (AvgIpc) is 2.30. The molecule has 1 aliphatic heterocycles. The summed E-state index contributed by atoms with van der Waals surface area (Å²) >= 11 is 0. The van der Waals surface area contributed by atoms with Gasteiger partial charge in [0.1, 0.15) is 6.17 Å². The molecule has 1 saturated heterocycles. The Kier molecular flexibility index (Phi) is 3.10. The average molecular weight is 174 g/mol. The summed E-state index contributed by atoms with van der Waals surface area (Å²) in [6.07, 6.45) is -0.206. The van der Waals surface area contributed by atoms with Gasteiger partial charge < -0.3 is 4.74 Å². The molecule has 0 aromatic carbocycles. The van der Waals surface area contributed by atoms with Crippen LogP contribution in [0, 0.1) is 11.8 Å². The van der Waals surface area contributed by atoms with Crippen molar-refractivity contribution in [2.75, 3.05) is 0 Å². The van der Waals surface area contributed by atoms with E-state index in [1.54, 1.807) is 0 Å². The van der Waals surface area contributed by atoms with Crippen LogP contribution in [0.1, 0.15) is 34.1 Å². The van der Waals surface area contributed by atoms with E-state index in [1.807, 2.05) is 13.8 Å². The molecule has 3 atom stereocenters. The third kappa shape index (κ3) is 1.98. The lowest BCUT2D eigenvalue weighted by Crippen LogP contribution is -2.24. The molecule has 1 rings (SSSR count). The van der Waals surface area contributed by atoms with Crippen LogP contribution in [0.25, 0.3) is 0 Å². The molecule has 0 amide bonds. The fourth-order valence-electron chi connectivity index (χ4n) is 1.70. The highest BCUT2D eigenvalue weighted by molar-refractivity contribution is 4.85. The number of ether oxygens (including phenoxy) is 1. The van der Waals surface area contributed by atoms with Crippen molar-refractivity contribution in [2.45, 2.75) is 52.5 Å². The van der Waals surface area contributed by atoms with Gasteiger partial charge in [-0.3, -0.25) is 0 Å². The van der Waals surface area contributed by atoms with Crippen LogP contribution in [0.4, 0.5) is 4.39 Å². The number of alkyl halides is 1. The molecule has 0 aromatic rings. The zero-order valence-corrected chi connectivity index (χ0v) is 8.38. The van der Waals surface area contributed by atoms with Crippen LogP contribution >= 0.6 is 0 Å². The summed E-state index contributed by atoms with van der Waals surface area (Å²) < 4.78 is 18.9. The van der Waals surface area contributed by atoms with Crippen molar-refractivity contribution >= 4 is 0 Å². The van der Waals surface area contributed by atoms with Crippen LogP contribution < -0.4 is 0 Å². The lowest BCUT2D eigenvalue weighted by molar-refractivity contribution is -0.0160. The maximum absolute atomic E-state index is 13.3. The Morgan fingerprint density at radius 3 is 2.00 bits per heavy atom. The van der Waals surface area contributed by atoms with Crippen molar-refractivity contribution in [2.24, 2.45) is 11.8 Å². The molecule has 0 unspecified atom stereocenters. The summed E-state index contributed by atoms with van der Waals surface area (Å²) in [5.41, 5.74) is 0. The summed E-state index contributed by atoms with van der Waals surface area (Å²) in [5.74, 6) is 0.732. The smallest absolute Gasteiger partial charge is 0.129 e. The molecular weight excluding hydrogens is 155 g/mol. The standard InChI is InChI=1S/C10H19FO/c1-6(2)9-5-8(11)10(12-9)7(3)4/h6-10H,5H2,1-4H3/t8-,9+,10+/m0/s1. The molecule has 0 bridgehead atoms. The Bertz CT molecular complexity index is 145. The van der Waals surface area contributed by atoms with Gasteiger partial charge in [0, 0.05) is 6.42 Å². The minimum atomic E-state index is -0.752. The molecule has 0 aromatic heterocycles. The molecule has 0 radical (unpaired) electrons. The molecule has 1 aliphatic rings. The molecule has 72 valence electrons. The van der Waals surface area contributed by atoms with Crippen LogP contribution in [0.5, 0.6) is 0 Å². The first-order chi connectivity index (χ1) is 5.52. The number of rotatable bonds is 2. The van der Waals surface area contributed by atoms with E-state index in [9.17, 15) is 4.39 Å². The Morgan fingerprint density at radius 2 is 1.75 bits per heavy atom. The largest absolute Gasteiger partial charge is 0.371 e. The van der Waals surface area contributed by atoms with Crippen LogP contribution in [0.15, 0.2) is 0 Å². The molecule has 1 heterocycles. The maximum atomic E-state index is 13.3. The second-order valence-corrected chi connectivity index (χ2v) is 4.38. The molecule has 0 saturated carbocycles. The molecule has 1 nitrogen and oxygen atoms in total. The Balaban J connectivity index is 2.50. The molecule has 0 aliphatic carbocycles. The van der Waals surface area contributed by atoms with Gasteiger partial charge in [0.2, 0.25) is 0 Å². The monoisotopic (exact) mass is 174 g/mol.